The monoisotopic (exact) mass is 727 g/mol. The quantitative estimate of drug-likeness (QED) is 0.159. The molecular formula is C54H37N3. The van der Waals surface area contributed by atoms with Crippen molar-refractivity contribution in [2.24, 2.45) is 0 Å². The second-order valence-electron chi connectivity index (χ2n) is 14.6. The lowest BCUT2D eigenvalue weighted by Crippen LogP contribution is -2.09. The third-order valence-electron chi connectivity index (χ3n) is 11.3. The molecule has 0 bridgehead atoms. The molecule has 0 saturated carbocycles. The maximum Gasteiger partial charge on any atom is 0.0547 e. The first-order chi connectivity index (χ1) is 28.3. The van der Waals surface area contributed by atoms with Gasteiger partial charge in [0.1, 0.15) is 0 Å². The van der Waals surface area contributed by atoms with E-state index in [9.17, 15) is 0 Å². The fraction of sp³-hybridized carbons (Fsp3) is 0. The summed E-state index contributed by atoms with van der Waals surface area (Å²) in [6, 6.07) is 81.1. The molecule has 0 atom stereocenters. The highest BCUT2D eigenvalue weighted by molar-refractivity contribution is 6.16. The lowest BCUT2D eigenvalue weighted by Gasteiger charge is -2.25. The summed E-state index contributed by atoms with van der Waals surface area (Å²) in [4.78, 5) is 2.31. The molecule has 0 aliphatic carbocycles. The second kappa shape index (κ2) is 13.6. The molecular weight excluding hydrogens is 691 g/mol. The predicted octanol–water partition coefficient (Wildman–Crippen LogP) is 14.7. The molecule has 0 amide bonds. The Balaban J connectivity index is 1.15. The van der Waals surface area contributed by atoms with Crippen LogP contribution in [0.4, 0.5) is 17.1 Å². The van der Waals surface area contributed by atoms with Crippen molar-refractivity contribution in [3.63, 3.8) is 0 Å². The Morgan fingerprint density at radius 2 is 0.737 bits per heavy atom. The van der Waals surface area contributed by atoms with Crippen LogP contribution in [0.15, 0.2) is 224 Å². The number of nitrogens with zero attached hydrogens (tertiary/aromatic N) is 3. The molecule has 11 aromatic rings. The van der Waals surface area contributed by atoms with Gasteiger partial charge in [0.25, 0.3) is 0 Å². The summed E-state index contributed by atoms with van der Waals surface area (Å²) in [5, 5.41) is 4.99. The van der Waals surface area contributed by atoms with Crippen LogP contribution in [-0.2, 0) is 0 Å². The molecule has 0 spiro atoms. The van der Waals surface area contributed by atoms with Crippen molar-refractivity contribution in [1.82, 2.24) is 9.13 Å². The largest absolute Gasteiger partial charge is 0.311 e. The van der Waals surface area contributed by atoms with E-state index < -0.39 is 0 Å². The fourth-order valence-corrected chi connectivity index (χ4v) is 8.78. The fourth-order valence-electron chi connectivity index (χ4n) is 8.78. The molecule has 268 valence electrons. The van der Waals surface area contributed by atoms with Gasteiger partial charge < -0.3 is 14.0 Å². The first-order valence-corrected chi connectivity index (χ1v) is 19.5. The minimum atomic E-state index is 1.11. The van der Waals surface area contributed by atoms with Crippen LogP contribution in [0.25, 0.3) is 77.2 Å². The van der Waals surface area contributed by atoms with Crippen LogP contribution >= 0.6 is 0 Å². The molecule has 0 aliphatic heterocycles. The molecule has 57 heavy (non-hydrogen) atoms. The second-order valence-corrected chi connectivity index (χ2v) is 14.6. The highest BCUT2D eigenvalue weighted by Crippen LogP contribution is 2.42. The van der Waals surface area contributed by atoms with Crippen molar-refractivity contribution in [3.05, 3.63) is 224 Å². The van der Waals surface area contributed by atoms with Crippen LogP contribution in [0, 0.1) is 0 Å². The summed E-state index contributed by atoms with van der Waals surface area (Å²) in [5.41, 5.74) is 15.1. The zero-order valence-corrected chi connectivity index (χ0v) is 31.2. The molecule has 11 rings (SSSR count). The van der Waals surface area contributed by atoms with E-state index in [1.54, 1.807) is 0 Å². The first-order valence-electron chi connectivity index (χ1n) is 19.5. The lowest BCUT2D eigenvalue weighted by atomic mass is 9.94. The third-order valence-corrected chi connectivity index (χ3v) is 11.3. The van der Waals surface area contributed by atoms with Crippen LogP contribution in [-0.4, -0.2) is 9.13 Å². The minimum absolute atomic E-state index is 1.11. The third kappa shape index (κ3) is 5.51. The molecule has 0 radical (unpaired) electrons. The molecule has 3 nitrogen and oxygen atoms in total. The molecule has 2 aromatic heterocycles. The topological polar surface area (TPSA) is 13.1 Å². The van der Waals surface area contributed by atoms with Crippen molar-refractivity contribution >= 4 is 60.7 Å². The van der Waals surface area contributed by atoms with Gasteiger partial charge in [0.05, 0.1) is 22.1 Å². The molecule has 0 fully saturated rings. The van der Waals surface area contributed by atoms with E-state index in [0.717, 1.165) is 39.6 Å². The van der Waals surface area contributed by atoms with Crippen molar-refractivity contribution in [3.8, 4) is 33.6 Å². The summed E-state index contributed by atoms with van der Waals surface area (Å²) in [5.74, 6) is 0. The summed E-state index contributed by atoms with van der Waals surface area (Å²) >= 11 is 0. The highest BCUT2D eigenvalue weighted by Gasteiger charge is 2.19. The lowest BCUT2D eigenvalue weighted by molar-refractivity contribution is 1.18. The maximum absolute atomic E-state index is 2.44. The molecule has 3 heteroatoms. The Hall–Kier alpha value is -7.62. The average Bonchev–Trinajstić information content (AvgIpc) is 3.81. The number of fused-ring (bicyclic) bond motifs is 6. The van der Waals surface area contributed by atoms with Gasteiger partial charge in [0, 0.05) is 50.0 Å². The Morgan fingerprint density at radius 1 is 0.281 bits per heavy atom. The van der Waals surface area contributed by atoms with Crippen LogP contribution < -0.4 is 4.90 Å². The van der Waals surface area contributed by atoms with Gasteiger partial charge in [-0.25, -0.2) is 0 Å². The van der Waals surface area contributed by atoms with E-state index in [1.807, 2.05) is 0 Å². The number of aromatic nitrogens is 2. The van der Waals surface area contributed by atoms with Crippen molar-refractivity contribution in [2.75, 3.05) is 4.90 Å². The van der Waals surface area contributed by atoms with E-state index in [2.05, 4.69) is 238 Å². The molecule has 0 unspecified atom stereocenters. The zero-order valence-electron chi connectivity index (χ0n) is 31.2. The number of para-hydroxylation sites is 6. The Kier molecular flexibility index (Phi) is 7.82. The maximum atomic E-state index is 2.44. The SMILES string of the molecule is c1ccc(N(c2ccccc2)c2ccc(-c3cc(-c4cccc5c4c4ccccc4n5-c4ccccc4)cc(-n4c5ccccc5c5ccccc54)c3)cc2)cc1. The smallest absolute Gasteiger partial charge is 0.0547 e. The summed E-state index contributed by atoms with van der Waals surface area (Å²) < 4.78 is 4.84. The number of hydrogen-bond donors (Lipinski definition) is 0. The summed E-state index contributed by atoms with van der Waals surface area (Å²) in [7, 11) is 0. The highest BCUT2D eigenvalue weighted by atomic mass is 15.1. The summed E-state index contributed by atoms with van der Waals surface area (Å²) in [6.07, 6.45) is 0. The zero-order chi connectivity index (χ0) is 37.7. The van der Waals surface area contributed by atoms with E-state index in [1.165, 1.54) is 54.7 Å². The number of benzene rings is 9. The first kappa shape index (κ1) is 32.8. The number of anilines is 3. The molecule has 9 aromatic carbocycles. The van der Waals surface area contributed by atoms with Gasteiger partial charge in [-0.3, -0.25) is 0 Å². The van der Waals surface area contributed by atoms with E-state index >= 15 is 0 Å². The molecule has 0 saturated heterocycles. The average molecular weight is 728 g/mol. The van der Waals surface area contributed by atoms with E-state index in [4.69, 9.17) is 0 Å². The minimum Gasteiger partial charge on any atom is -0.311 e. The normalized spacial score (nSPS) is 11.5. The van der Waals surface area contributed by atoms with Crippen LogP contribution in [0.3, 0.4) is 0 Å². The van der Waals surface area contributed by atoms with Crippen LogP contribution in [0.1, 0.15) is 0 Å². The van der Waals surface area contributed by atoms with Gasteiger partial charge >= 0.3 is 0 Å². The molecule has 2 heterocycles. The van der Waals surface area contributed by atoms with Crippen LogP contribution in [0.2, 0.25) is 0 Å². The Bertz CT molecular complexity index is 3120. The van der Waals surface area contributed by atoms with Gasteiger partial charge in [0.15, 0.2) is 0 Å². The van der Waals surface area contributed by atoms with Gasteiger partial charge in [-0.2, -0.15) is 0 Å². The number of rotatable bonds is 7. The van der Waals surface area contributed by atoms with Gasteiger partial charge in [-0.15, -0.1) is 0 Å². The Labute approximate surface area is 331 Å². The van der Waals surface area contributed by atoms with Crippen LogP contribution in [0.5, 0.6) is 0 Å². The van der Waals surface area contributed by atoms with Gasteiger partial charge in [-0.1, -0.05) is 133 Å². The van der Waals surface area contributed by atoms with E-state index in [-0.39, 0.29) is 0 Å². The van der Waals surface area contributed by atoms with Gasteiger partial charge in [0.2, 0.25) is 0 Å². The predicted molar refractivity (Wildman–Crippen MR) is 241 cm³/mol. The number of hydrogen-bond acceptors (Lipinski definition) is 1. The van der Waals surface area contributed by atoms with Crippen molar-refractivity contribution in [2.45, 2.75) is 0 Å². The molecule has 0 N–H and O–H groups in total. The Morgan fingerprint density at radius 3 is 1.35 bits per heavy atom. The summed E-state index contributed by atoms with van der Waals surface area (Å²) in [6.45, 7) is 0. The molecule has 0 aliphatic rings. The van der Waals surface area contributed by atoms with Gasteiger partial charge in [-0.05, 0) is 113 Å². The standard InChI is InChI=1S/C54H37N3/c1-4-17-41(18-5-1)55(42-19-6-2-7-20-42)44-33-31-38(32-34-44)39-35-40(37-45(36-39)57-50-27-13-10-23-47(50)48-24-11-14-28-51(48)57)46-26-16-30-53-54(46)49-25-12-15-29-52(49)56(53)43-21-8-3-9-22-43/h1-37H. The van der Waals surface area contributed by atoms with Crippen molar-refractivity contribution in [1.29, 1.82) is 0 Å². The van der Waals surface area contributed by atoms with E-state index in [0.29, 0.717) is 0 Å². The van der Waals surface area contributed by atoms with Crippen molar-refractivity contribution < 1.29 is 0 Å².